The minimum Gasteiger partial charge on any atom is -0.388 e. The molecule has 1 amide bonds. The Hall–Kier alpha value is -1.66. The maximum atomic E-state index is 12.0. The van der Waals surface area contributed by atoms with Crippen LogP contribution < -0.4 is 16.0 Å². The van der Waals surface area contributed by atoms with Gasteiger partial charge in [-0.25, -0.2) is 0 Å². The van der Waals surface area contributed by atoms with E-state index in [1.54, 1.807) is 0 Å². The van der Waals surface area contributed by atoms with Crippen molar-refractivity contribution >= 4 is 5.91 Å². The summed E-state index contributed by atoms with van der Waals surface area (Å²) in [7, 11) is 0. The zero-order valence-electron chi connectivity index (χ0n) is 14.2. The largest absolute Gasteiger partial charge is 0.388 e. The fourth-order valence-corrected chi connectivity index (χ4v) is 2.73. The summed E-state index contributed by atoms with van der Waals surface area (Å²) in [6.45, 7) is 10.4. The van der Waals surface area contributed by atoms with Gasteiger partial charge < -0.3 is 20.7 Å². The number of piperazine rings is 1. The molecule has 3 N–H and O–H groups in total. The summed E-state index contributed by atoms with van der Waals surface area (Å²) in [6, 6.07) is 1.96. The lowest BCUT2D eigenvalue weighted by molar-refractivity contribution is -0.117. The normalized spacial score (nSPS) is 20.4. The summed E-state index contributed by atoms with van der Waals surface area (Å²) >= 11 is 0. The van der Waals surface area contributed by atoms with Crippen LogP contribution in [0.4, 0.5) is 0 Å². The number of nitriles is 1. The van der Waals surface area contributed by atoms with E-state index in [1.165, 1.54) is 6.20 Å². The van der Waals surface area contributed by atoms with Gasteiger partial charge in [0.05, 0.1) is 13.2 Å². The molecule has 0 aromatic carbocycles. The predicted octanol–water partition coefficient (Wildman–Crippen LogP) is -1.66. The number of hydrogen-bond donors (Lipinski definition) is 3. The third-order valence-corrected chi connectivity index (χ3v) is 4.21. The van der Waals surface area contributed by atoms with Crippen molar-refractivity contribution in [2.45, 2.75) is 0 Å². The maximum Gasteiger partial charge on any atom is 0.263 e. The van der Waals surface area contributed by atoms with E-state index in [2.05, 4.69) is 25.8 Å². The molecule has 2 aliphatic heterocycles. The van der Waals surface area contributed by atoms with Crippen LogP contribution in [-0.2, 0) is 9.53 Å². The van der Waals surface area contributed by atoms with Crippen LogP contribution in [0, 0.1) is 11.3 Å². The van der Waals surface area contributed by atoms with Gasteiger partial charge in [-0.3, -0.25) is 14.6 Å². The van der Waals surface area contributed by atoms with Crippen LogP contribution in [0.3, 0.4) is 0 Å². The van der Waals surface area contributed by atoms with Crippen molar-refractivity contribution < 1.29 is 9.53 Å². The highest BCUT2D eigenvalue weighted by Gasteiger charge is 2.12. The molecule has 0 bridgehead atoms. The number of carbonyl (C=O) groups excluding carboxylic acids is 1. The number of morpholine rings is 1. The first kappa shape index (κ1) is 18.7. The standard InChI is InChI=1S/C16H28N6O2/c17-13-15(14-19-3-7-22-9-11-24-12-10-22)16(23)20-4-8-21-5-1-18-2-6-21/h14,18-19H,1-12H2,(H,20,23)/b15-14-. The molecule has 8 nitrogen and oxygen atoms in total. The first-order chi connectivity index (χ1) is 11.8. The summed E-state index contributed by atoms with van der Waals surface area (Å²) in [5, 5.41) is 18.3. The molecule has 2 aliphatic rings. The topological polar surface area (TPSA) is 92.7 Å². The molecule has 24 heavy (non-hydrogen) atoms. The van der Waals surface area contributed by atoms with Gasteiger partial charge in [-0.05, 0) is 0 Å². The average Bonchev–Trinajstić information content (AvgIpc) is 2.63. The molecule has 2 rings (SSSR count). The fraction of sp³-hybridized carbons (Fsp3) is 0.750. The quantitative estimate of drug-likeness (QED) is 0.277. The molecule has 2 heterocycles. The molecule has 0 saturated carbocycles. The summed E-state index contributed by atoms with van der Waals surface area (Å²) < 4.78 is 5.30. The van der Waals surface area contributed by atoms with Gasteiger partial charge in [-0.2, -0.15) is 5.26 Å². The third kappa shape index (κ3) is 6.84. The minimum absolute atomic E-state index is 0.122. The van der Waals surface area contributed by atoms with E-state index in [0.29, 0.717) is 13.1 Å². The van der Waals surface area contributed by atoms with Crippen molar-refractivity contribution in [1.82, 2.24) is 25.8 Å². The first-order valence-corrected chi connectivity index (χ1v) is 8.64. The second kappa shape index (κ2) is 11.0. The minimum atomic E-state index is -0.313. The van der Waals surface area contributed by atoms with Gasteiger partial charge in [0.15, 0.2) is 0 Å². The molecule has 0 aromatic heterocycles. The van der Waals surface area contributed by atoms with Crippen LogP contribution in [0.1, 0.15) is 0 Å². The van der Waals surface area contributed by atoms with Gasteiger partial charge in [-0.15, -0.1) is 0 Å². The van der Waals surface area contributed by atoms with E-state index in [0.717, 1.165) is 65.6 Å². The Morgan fingerprint density at radius 2 is 1.79 bits per heavy atom. The Kier molecular flexibility index (Phi) is 8.55. The van der Waals surface area contributed by atoms with Crippen LogP contribution >= 0.6 is 0 Å². The van der Waals surface area contributed by atoms with Gasteiger partial charge in [0.1, 0.15) is 11.6 Å². The number of nitrogens with zero attached hydrogens (tertiary/aromatic N) is 3. The van der Waals surface area contributed by atoms with E-state index >= 15 is 0 Å². The zero-order valence-corrected chi connectivity index (χ0v) is 14.2. The van der Waals surface area contributed by atoms with E-state index in [1.807, 2.05) is 6.07 Å². The van der Waals surface area contributed by atoms with Crippen LogP contribution in [0.5, 0.6) is 0 Å². The molecular formula is C16H28N6O2. The highest BCUT2D eigenvalue weighted by Crippen LogP contribution is 1.96. The summed E-state index contributed by atoms with van der Waals surface area (Å²) in [6.07, 6.45) is 1.51. The van der Waals surface area contributed by atoms with E-state index in [9.17, 15) is 4.79 Å². The van der Waals surface area contributed by atoms with Gasteiger partial charge in [0.25, 0.3) is 5.91 Å². The Morgan fingerprint density at radius 1 is 1.12 bits per heavy atom. The monoisotopic (exact) mass is 336 g/mol. The molecule has 0 unspecified atom stereocenters. The van der Waals surface area contributed by atoms with Gasteiger partial charge in [0.2, 0.25) is 0 Å². The molecule has 0 aliphatic carbocycles. The number of hydrogen-bond acceptors (Lipinski definition) is 7. The van der Waals surface area contributed by atoms with Crippen molar-refractivity contribution in [3.05, 3.63) is 11.8 Å². The number of ether oxygens (including phenoxy) is 1. The number of amides is 1. The third-order valence-electron chi connectivity index (χ3n) is 4.21. The second-order valence-corrected chi connectivity index (χ2v) is 5.93. The Morgan fingerprint density at radius 3 is 2.50 bits per heavy atom. The highest BCUT2D eigenvalue weighted by molar-refractivity contribution is 5.97. The van der Waals surface area contributed by atoms with Crippen LogP contribution in [-0.4, -0.2) is 94.4 Å². The van der Waals surface area contributed by atoms with Crippen LogP contribution in [0.15, 0.2) is 11.8 Å². The molecular weight excluding hydrogens is 308 g/mol. The van der Waals surface area contributed by atoms with Crippen molar-refractivity contribution in [2.24, 2.45) is 0 Å². The second-order valence-electron chi connectivity index (χ2n) is 5.93. The number of carbonyl (C=O) groups is 1. The summed E-state index contributed by atoms with van der Waals surface area (Å²) in [4.78, 5) is 16.6. The Balaban J connectivity index is 1.61. The van der Waals surface area contributed by atoms with Crippen molar-refractivity contribution in [3.63, 3.8) is 0 Å². The zero-order chi connectivity index (χ0) is 17.0. The van der Waals surface area contributed by atoms with Crippen molar-refractivity contribution in [1.29, 1.82) is 5.26 Å². The lowest BCUT2D eigenvalue weighted by Crippen LogP contribution is -2.46. The van der Waals surface area contributed by atoms with Crippen LogP contribution in [0.25, 0.3) is 0 Å². The lowest BCUT2D eigenvalue weighted by Gasteiger charge is -2.27. The first-order valence-electron chi connectivity index (χ1n) is 8.64. The fourth-order valence-electron chi connectivity index (χ4n) is 2.73. The lowest BCUT2D eigenvalue weighted by atomic mass is 10.3. The molecule has 8 heteroatoms. The SMILES string of the molecule is N#C/C(=C/NCCN1CCOCC1)C(=O)NCCN1CCNCC1. The molecule has 2 saturated heterocycles. The van der Waals surface area contributed by atoms with E-state index in [-0.39, 0.29) is 11.5 Å². The number of rotatable bonds is 8. The van der Waals surface area contributed by atoms with Crippen molar-refractivity contribution in [3.8, 4) is 6.07 Å². The van der Waals surface area contributed by atoms with E-state index < -0.39 is 0 Å². The molecule has 0 radical (unpaired) electrons. The maximum absolute atomic E-state index is 12.0. The molecule has 0 aromatic rings. The molecule has 0 spiro atoms. The predicted molar refractivity (Wildman–Crippen MR) is 91.3 cm³/mol. The summed E-state index contributed by atoms with van der Waals surface area (Å²) in [5.41, 5.74) is 0.122. The average molecular weight is 336 g/mol. The highest BCUT2D eigenvalue weighted by atomic mass is 16.5. The van der Waals surface area contributed by atoms with Gasteiger partial charge in [0, 0.05) is 71.6 Å². The number of nitrogens with one attached hydrogen (secondary N) is 3. The van der Waals surface area contributed by atoms with Gasteiger partial charge in [-0.1, -0.05) is 0 Å². The smallest absolute Gasteiger partial charge is 0.263 e. The molecule has 2 fully saturated rings. The van der Waals surface area contributed by atoms with Crippen molar-refractivity contribution in [2.75, 3.05) is 78.7 Å². The Labute approximate surface area is 143 Å². The van der Waals surface area contributed by atoms with E-state index in [4.69, 9.17) is 10.00 Å². The van der Waals surface area contributed by atoms with Crippen LogP contribution in [0.2, 0.25) is 0 Å². The Bertz CT molecular complexity index is 450. The van der Waals surface area contributed by atoms with Gasteiger partial charge >= 0.3 is 0 Å². The summed E-state index contributed by atoms with van der Waals surface area (Å²) in [5.74, 6) is -0.313. The molecule has 134 valence electrons. The molecule has 0 atom stereocenters.